The van der Waals surface area contributed by atoms with Gasteiger partial charge in [0, 0.05) is 25.7 Å². The second kappa shape index (κ2) is 16.1. The van der Waals surface area contributed by atoms with Gasteiger partial charge in [0.1, 0.15) is 17.2 Å². The fourth-order valence-corrected chi connectivity index (χ4v) is 7.59. The molecule has 7 rings (SSSR count). The van der Waals surface area contributed by atoms with Gasteiger partial charge in [-0.25, -0.2) is 0 Å². The van der Waals surface area contributed by atoms with E-state index >= 15 is 0 Å². The number of aryl methyl sites for hydroxylation is 1. The Bertz CT molecular complexity index is 2190. The number of benzene rings is 7. The first-order valence-electron chi connectivity index (χ1n) is 18.4. The summed E-state index contributed by atoms with van der Waals surface area (Å²) in [4.78, 5) is 0. The fourth-order valence-electron chi connectivity index (χ4n) is 7.59. The molecule has 0 heterocycles. The number of aromatic hydroxyl groups is 3. The van der Waals surface area contributed by atoms with Crippen molar-refractivity contribution in [2.24, 2.45) is 0 Å². The maximum absolute atomic E-state index is 11.6. The van der Waals surface area contributed by atoms with Crippen molar-refractivity contribution in [1.29, 1.82) is 0 Å². The van der Waals surface area contributed by atoms with E-state index in [0.717, 1.165) is 77.9 Å². The molecule has 0 aliphatic rings. The van der Waals surface area contributed by atoms with Crippen molar-refractivity contribution in [3.63, 3.8) is 0 Å². The van der Waals surface area contributed by atoms with Crippen LogP contribution < -0.4 is 0 Å². The van der Waals surface area contributed by atoms with E-state index in [4.69, 9.17) is 0 Å². The molecule has 0 aromatic heterocycles. The first-order chi connectivity index (χ1) is 25.8. The van der Waals surface area contributed by atoms with E-state index in [9.17, 15) is 15.3 Å². The lowest BCUT2D eigenvalue weighted by Crippen LogP contribution is -2.05. The molecule has 0 aliphatic heterocycles. The van der Waals surface area contributed by atoms with E-state index in [0.29, 0.717) is 55.8 Å². The summed E-state index contributed by atoms with van der Waals surface area (Å²) < 4.78 is 0. The van der Waals surface area contributed by atoms with Crippen molar-refractivity contribution in [2.75, 3.05) is 0 Å². The molecule has 0 unspecified atom stereocenters. The molecular weight excluding hydrogens is 649 g/mol. The maximum Gasteiger partial charge on any atom is 0.122 e. The van der Waals surface area contributed by atoms with E-state index in [1.54, 1.807) is 0 Å². The maximum atomic E-state index is 11.6. The molecule has 0 aliphatic carbocycles. The Morgan fingerprint density at radius 3 is 0.962 bits per heavy atom. The summed E-state index contributed by atoms with van der Waals surface area (Å²) in [7, 11) is 0. The van der Waals surface area contributed by atoms with Gasteiger partial charge in [0.05, 0.1) is 0 Å². The minimum atomic E-state index is 0.316. The summed E-state index contributed by atoms with van der Waals surface area (Å²) in [5, 5.41) is 34.5. The highest BCUT2D eigenvalue weighted by molar-refractivity contribution is 5.55. The molecule has 53 heavy (non-hydrogen) atoms. The lowest BCUT2D eigenvalue weighted by molar-refractivity contribution is 0.462. The van der Waals surface area contributed by atoms with Crippen LogP contribution in [0, 0.1) is 13.8 Å². The third-order valence-electron chi connectivity index (χ3n) is 10.3. The van der Waals surface area contributed by atoms with Crippen molar-refractivity contribution < 1.29 is 15.3 Å². The zero-order valence-corrected chi connectivity index (χ0v) is 30.5. The molecule has 0 saturated heterocycles. The second-order valence-electron chi connectivity index (χ2n) is 14.3. The van der Waals surface area contributed by atoms with Crippen LogP contribution in [0.3, 0.4) is 0 Å². The molecule has 3 heteroatoms. The van der Waals surface area contributed by atoms with Gasteiger partial charge >= 0.3 is 0 Å². The van der Waals surface area contributed by atoms with Gasteiger partial charge < -0.3 is 15.3 Å². The van der Waals surface area contributed by atoms with Crippen LogP contribution in [-0.4, -0.2) is 15.3 Å². The van der Waals surface area contributed by atoms with Crippen molar-refractivity contribution in [3.8, 4) is 17.2 Å². The van der Waals surface area contributed by atoms with E-state index in [1.807, 2.05) is 86.6 Å². The summed E-state index contributed by atoms with van der Waals surface area (Å²) in [6.07, 6.45) is 3.75. The predicted molar refractivity (Wildman–Crippen MR) is 216 cm³/mol. The first-order valence-corrected chi connectivity index (χ1v) is 18.4. The van der Waals surface area contributed by atoms with Crippen LogP contribution in [0.4, 0.5) is 0 Å². The lowest BCUT2D eigenvalue weighted by atomic mass is 9.86. The van der Waals surface area contributed by atoms with Crippen LogP contribution in [0.5, 0.6) is 17.2 Å². The van der Waals surface area contributed by atoms with Gasteiger partial charge in [-0.15, -0.1) is 0 Å². The number of hydrogen-bond acceptors (Lipinski definition) is 3. The van der Waals surface area contributed by atoms with Crippen LogP contribution >= 0.6 is 0 Å². The minimum absolute atomic E-state index is 0.316. The number of phenols is 3. The third kappa shape index (κ3) is 8.54. The zero-order chi connectivity index (χ0) is 36.7. The third-order valence-corrected chi connectivity index (χ3v) is 10.3. The van der Waals surface area contributed by atoms with Gasteiger partial charge in [-0.3, -0.25) is 0 Å². The molecule has 264 valence electrons. The summed E-state index contributed by atoms with van der Waals surface area (Å²) in [5.41, 5.74) is 14.3. The van der Waals surface area contributed by atoms with Gasteiger partial charge in [-0.05, 0) is 105 Å². The Morgan fingerprint density at radius 2 is 0.623 bits per heavy atom. The molecule has 0 amide bonds. The van der Waals surface area contributed by atoms with E-state index in [1.165, 1.54) is 0 Å². The van der Waals surface area contributed by atoms with Crippen molar-refractivity contribution in [1.82, 2.24) is 0 Å². The van der Waals surface area contributed by atoms with Crippen LogP contribution in [-0.2, 0) is 38.5 Å². The monoisotopic (exact) mass is 694 g/mol. The Kier molecular flexibility index (Phi) is 10.7. The van der Waals surface area contributed by atoms with E-state index in [-0.39, 0.29) is 0 Å². The molecule has 3 nitrogen and oxygen atoms in total. The molecule has 0 atom stereocenters. The number of phenolic OH excluding ortho intramolecular Hbond substituents is 3. The highest BCUT2D eigenvalue weighted by Crippen LogP contribution is 2.36. The van der Waals surface area contributed by atoms with Crippen LogP contribution in [0.2, 0.25) is 0 Å². The lowest BCUT2D eigenvalue weighted by Gasteiger charge is -2.20. The van der Waals surface area contributed by atoms with E-state index < -0.39 is 0 Å². The average Bonchev–Trinajstić information content (AvgIpc) is 3.17. The molecule has 7 aromatic rings. The normalized spacial score (nSPS) is 11.1. The summed E-state index contributed by atoms with van der Waals surface area (Å²) in [6, 6.07) is 51.8. The average molecular weight is 695 g/mol. The first kappa shape index (κ1) is 35.3. The van der Waals surface area contributed by atoms with Crippen LogP contribution in [0.15, 0.2) is 152 Å². The Labute approximate surface area is 313 Å². The fraction of sp³-hybridized carbons (Fsp3) is 0.160. The number of rotatable bonds is 12. The quantitative estimate of drug-likeness (QED) is 0.119. The van der Waals surface area contributed by atoms with Crippen LogP contribution in [0.25, 0.3) is 0 Å². The number of hydrogen-bond donors (Lipinski definition) is 3. The standard InChI is InChI=1S/C50H46O3/c1-34-23-42(28-40-29-43(24-36-15-7-3-8-16-36)49(52)44(30-40)25-37-17-9-4-10-18-37)47(35(2)48(34)51)33-41-31-45(26-38-19-11-5-12-20-38)50(53)46(32-41)27-39-21-13-6-14-22-39/h3-23,29-32,51-53H,24-28,33H2,1-2H3. The molecule has 0 radical (unpaired) electrons. The van der Waals surface area contributed by atoms with Gasteiger partial charge in [0.25, 0.3) is 0 Å². The highest BCUT2D eigenvalue weighted by atomic mass is 16.3. The summed E-state index contributed by atoms with van der Waals surface area (Å²) in [5.74, 6) is 1.00. The summed E-state index contributed by atoms with van der Waals surface area (Å²) >= 11 is 0. The second-order valence-corrected chi connectivity index (χ2v) is 14.3. The SMILES string of the molecule is Cc1cc(Cc2cc(Cc3ccccc3)c(O)c(Cc3ccccc3)c2)c(Cc2cc(Cc3ccccc3)c(O)c(Cc3ccccc3)c2)c(C)c1O. The van der Waals surface area contributed by atoms with E-state index in [2.05, 4.69) is 78.9 Å². The molecule has 0 saturated carbocycles. The topological polar surface area (TPSA) is 60.7 Å². The van der Waals surface area contributed by atoms with Crippen molar-refractivity contribution >= 4 is 0 Å². The van der Waals surface area contributed by atoms with Crippen molar-refractivity contribution in [2.45, 2.75) is 52.4 Å². The summed E-state index contributed by atoms with van der Waals surface area (Å²) in [6.45, 7) is 3.97. The Morgan fingerprint density at radius 1 is 0.321 bits per heavy atom. The Balaban J connectivity index is 1.29. The Hall–Kier alpha value is -6.06. The molecular formula is C50H46O3. The van der Waals surface area contributed by atoms with Crippen molar-refractivity contribution in [3.05, 3.63) is 230 Å². The van der Waals surface area contributed by atoms with Gasteiger partial charge in [0.15, 0.2) is 0 Å². The largest absolute Gasteiger partial charge is 0.507 e. The van der Waals surface area contributed by atoms with Gasteiger partial charge in [0.2, 0.25) is 0 Å². The zero-order valence-electron chi connectivity index (χ0n) is 30.5. The molecule has 0 fully saturated rings. The minimum Gasteiger partial charge on any atom is -0.507 e. The van der Waals surface area contributed by atoms with Gasteiger partial charge in [-0.1, -0.05) is 152 Å². The molecule has 0 bridgehead atoms. The smallest absolute Gasteiger partial charge is 0.122 e. The molecule has 3 N–H and O–H groups in total. The van der Waals surface area contributed by atoms with Gasteiger partial charge in [-0.2, -0.15) is 0 Å². The highest BCUT2D eigenvalue weighted by Gasteiger charge is 2.19. The van der Waals surface area contributed by atoms with Crippen LogP contribution in [0.1, 0.15) is 77.9 Å². The molecule has 0 spiro atoms. The predicted octanol–water partition coefficient (Wildman–Crippen LogP) is 11.0. The molecule has 7 aromatic carbocycles.